The Labute approximate surface area is 192 Å². The van der Waals surface area contributed by atoms with Gasteiger partial charge in [0.05, 0.1) is 45.7 Å². The quantitative estimate of drug-likeness (QED) is 0.478. The number of hydrogen-bond acceptors (Lipinski definition) is 8. The van der Waals surface area contributed by atoms with Crippen molar-refractivity contribution < 1.29 is 38.3 Å². The highest BCUT2D eigenvalue weighted by atomic mass is 17.2. The lowest BCUT2D eigenvalue weighted by Crippen LogP contribution is -2.37. The number of rotatable bonds is 6. The van der Waals surface area contributed by atoms with E-state index in [0.29, 0.717) is 34.1 Å². The molecule has 1 aliphatic carbocycles. The van der Waals surface area contributed by atoms with Crippen LogP contribution in [-0.4, -0.2) is 40.0 Å². The molecule has 0 aromatic heterocycles. The number of benzene rings is 2. The summed E-state index contributed by atoms with van der Waals surface area (Å²) in [7, 11) is 6.15. The van der Waals surface area contributed by atoms with Crippen LogP contribution < -0.4 is 18.9 Å². The molecule has 2 aliphatic rings. The molecule has 8 heteroatoms. The Balaban J connectivity index is 1.77. The monoisotopic (exact) mass is 456 g/mol. The third-order valence-corrected chi connectivity index (χ3v) is 6.61. The third kappa shape index (κ3) is 3.63. The summed E-state index contributed by atoms with van der Waals surface area (Å²) in [5.74, 6) is 0.284. The molecule has 33 heavy (non-hydrogen) atoms. The van der Waals surface area contributed by atoms with Crippen LogP contribution in [0.5, 0.6) is 23.0 Å². The van der Waals surface area contributed by atoms with E-state index in [1.54, 1.807) is 64.5 Å². The normalized spacial score (nSPS) is 26.0. The van der Waals surface area contributed by atoms with Crippen molar-refractivity contribution in [2.45, 2.75) is 26.1 Å². The topological polar surface area (TPSA) is 89.5 Å². The van der Waals surface area contributed by atoms with Crippen molar-refractivity contribution in [3.8, 4) is 23.0 Å². The first-order chi connectivity index (χ1) is 15.8. The van der Waals surface area contributed by atoms with Crippen molar-refractivity contribution in [2.24, 2.45) is 17.3 Å². The molecule has 8 nitrogen and oxygen atoms in total. The highest BCUT2D eigenvalue weighted by Gasteiger charge is 2.62. The molecule has 0 spiro atoms. The second kappa shape index (κ2) is 8.68. The van der Waals surface area contributed by atoms with Gasteiger partial charge in [-0.15, -0.1) is 0 Å². The molecule has 1 saturated heterocycles. The maximum Gasteiger partial charge on any atom is 0.161 e. The molecule has 0 N–H and O–H groups in total. The van der Waals surface area contributed by atoms with Gasteiger partial charge < -0.3 is 18.9 Å². The van der Waals surface area contributed by atoms with Gasteiger partial charge in [-0.2, -0.15) is 0 Å². The van der Waals surface area contributed by atoms with Gasteiger partial charge in [0.25, 0.3) is 0 Å². The summed E-state index contributed by atoms with van der Waals surface area (Å²) in [5, 5.41) is 0. The molecule has 2 aromatic carbocycles. The molecule has 1 saturated carbocycles. The zero-order valence-corrected chi connectivity index (χ0v) is 19.5. The highest BCUT2D eigenvalue weighted by Crippen LogP contribution is 2.55. The minimum atomic E-state index is -1.16. The smallest absolute Gasteiger partial charge is 0.161 e. The summed E-state index contributed by atoms with van der Waals surface area (Å²) < 4.78 is 21.4. The van der Waals surface area contributed by atoms with Crippen molar-refractivity contribution in [3.63, 3.8) is 0 Å². The molecular formula is C25H28O8. The highest BCUT2D eigenvalue weighted by molar-refractivity contribution is 6.15. The maximum atomic E-state index is 13.5. The largest absolute Gasteiger partial charge is 0.493 e. The van der Waals surface area contributed by atoms with Crippen LogP contribution in [0.4, 0.5) is 0 Å². The Bertz CT molecular complexity index is 993. The fourth-order valence-corrected chi connectivity index (χ4v) is 4.76. The van der Waals surface area contributed by atoms with Crippen molar-refractivity contribution in [1.82, 2.24) is 0 Å². The number of methoxy groups -OCH3 is 4. The lowest BCUT2D eigenvalue weighted by molar-refractivity contribution is -0.398. The number of hydrogen-bond donors (Lipinski definition) is 0. The Morgan fingerprint density at radius 1 is 0.636 bits per heavy atom. The summed E-state index contributed by atoms with van der Waals surface area (Å²) in [5.41, 5.74) is 0.162. The van der Waals surface area contributed by atoms with Crippen LogP contribution in [-0.2, 0) is 19.4 Å². The van der Waals surface area contributed by atoms with Crippen LogP contribution in [0.15, 0.2) is 36.4 Å². The number of carbonyl (C=O) groups excluding carboxylic acids is 2. The molecule has 1 aliphatic heterocycles. The molecule has 4 atom stereocenters. The van der Waals surface area contributed by atoms with Crippen LogP contribution in [0, 0.1) is 17.3 Å². The SMILES string of the molecule is COc1ccc(C2OOC(c3ccc(OC)c(OC)c3)C3C(=O)C(C)(C)C(=O)C23)cc1OC. The molecule has 2 aromatic rings. The molecule has 176 valence electrons. The second-order valence-corrected chi connectivity index (χ2v) is 8.67. The Hall–Kier alpha value is -3.10. The van der Waals surface area contributed by atoms with E-state index in [0.717, 1.165) is 0 Å². The predicted molar refractivity (Wildman–Crippen MR) is 118 cm³/mol. The van der Waals surface area contributed by atoms with Gasteiger partial charge in [-0.3, -0.25) is 9.59 Å². The predicted octanol–water partition coefficient (Wildman–Crippen LogP) is 3.88. The zero-order valence-electron chi connectivity index (χ0n) is 19.5. The van der Waals surface area contributed by atoms with Crippen LogP contribution in [0.2, 0.25) is 0 Å². The first kappa shape index (κ1) is 23.1. The first-order valence-electron chi connectivity index (χ1n) is 10.6. The summed E-state index contributed by atoms with van der Waals surface area (Å²) in [6.07, 6.45) is -1.55. The minimum absolute atomic E-state index is 0.175. The summed E-state index contributed by atoms with van der Waals surface area (Å²) in [6.45, 7) is 3.32. The molecule has 4 unspecified atom stereocenters. The van der Waals surface area contributed by atoms with Gasteiger partial charge in [-0.05, 0) is 49.2 Å². The number of ketones is 2. The van der Waals surface area contributed by atoms with Gasteiger partial charge in [-0.1, -0.05) is 12.1 Å². The van der Waals surface area contributed by atoms with E-state index in [1.807, 2.05) is 0 Å². The van der Waals surface area contributed by atoms with Crippen molar-refractivity contribution >= 4 is 11.6 Å². The van der Waals surface area contributed by atoms with Gasteiger partial charge in [0, 0.05) is 0 Å². The van der Waals surface area contributed by atoms with Crippen molar-refractivity contribution in [3.05, 3.63) is 47.5 Å². The Morgan fingerprint density at radius 3 is 1.33 bits per heavy atom. The lowest BCUT2D eigenvalue weighted by Gasteiger charge is -2.37. The Kier molecular flexibility index (Phi) is 6.07. The minimum Gasteiger partial charge on any atom is -0.493 e. The second-order valence-electron chi connectivity index (χ2n) is 8.67. The fourth-order valence-electron chi connectivity index (χ4n) is 4.76. The van der Waals surface area contributed by atoms with E-state index in [2.05, 4.69) is 0 Å². The van der Waals surface area contributed by atoms with Gasteiger partial charge in [0.1, 0.15) is 12.2 Å². The van der Waals surface area contributed by atoms with Crippen molar-refractivity contribution in [1.29, 1.82) is 0 Å². The number of carbonyl (C=O) groups is 2. The molecule has 0 amide bonds. The molecule has 4 rings (SSSR count). The zero-order chi connectivity index (χ0) is 23.9. The lowest BCUT2D eigenvalue weighted by atomic mass is 9.80. The van der Waals surface area contributed by atoms with Gasteiger partial charge in [-0.25, -0.2) is 9.78 Å². The average Bonchev–Trinajstić information content (AvgIpc) is 3.03. The van der Waals surface area contributed by atoms with Crippen LogP contribution in [0.25, 0.3) is 0 Å². The number of Topliss-reactive ketones (excluding diaryl/α,β-unsaturated/α-hetero) is 2. The first-order valence-corrected chi connectivity index (χ1v) is 10.6. The third-order valence-electron chi connectivity index (χ3n) is 6.61. The molecule has 1 heterocycles. The Morgan fingerprint density at radius 2 is 1.00 bits per heavy atom. The van der Waals surface area contributed by atoms with E-state index in [-0.39, 0.29) is 11.6 Å². The molecule has 0 bridgehead atoms. The van der Waals surface area contributed by atoms with E-state index in [9.17, 15) is 9.59 Å². The summed E-state index contributed by atoms with van der Waals surface area (Å²) in [4.78, 5) is 38.6. The standard InChI is InChI=1S/C25H28O8/c1-25(2)23(26)19-20(24(25)27)22(14-8-10-16(29-4)18(12-14)31-6)33-32-21(19)13-7-9-15(28-3)17(11-13)30-5/h7-12,19-22H,1-6H3. The van der Waals surface area contributed by atoms with E-state index in [1.165, 1.54) is 14.2 Å². The fraction of sp³-hybridized carbons (Fsp3) is 0.440. The molecular weight excluding hydrogens is 428 g/mol. The van der Waals surface area contributed by atoms with E-state index >= 15 is 0 Å². The van der Waals surface area contributed by atoms with Gasteiger partial charge in [0.15, 0.2) is 34.6 Å². The summed E-state index contributed by atoms with van der Waals surface area (Å²) in [6, 6.07) is 10.5. The number of ether oxygens (including phenoxy) is 4. The summed E-state index contributed by atoms with van der Waals surface area (Å²) >= 11 is 0. The van der Waals surface area contributed by atoms with E-state index in [4.69, 9.17) is 28.7 Å². The number of fused-ring (bicyclic) bond motifs is 1. The van der Waals surface area contributed by atoms with E-state index < -0.39 is 29.5 Å². The van der Waals surface area contributed by atoms with Gasteiger partial charge >= 0.3 is 0 Å². The molecule has 0 radical (unpaired) electrons. The maximum absolute atomic E-state index is 13.5. The van der Waals surface area contributed by atoms with Crippen LogP contribution >= 0.6 is 0 Å². The molecule has 2 fully saturated rings. The average molecular weight is 456 g/mol. The van der Waals surface area contributed by atoms with Crippen LogP contribution in [0.1, 0.15) is 37.2 Å². The van der Waals surface area contributed by atoms with Gasteiger partial charge in [0.2, 0.25) is 0 Å². The van der Waals surface area contributed by atoms with Crippen LogP contribution in [0.3, 0.4) is 0 Å². The van der Waals surface area contributed by atoms with Crippen molar-refractivity contribution in [2.75, 3.05) is 28.4 Å².